The molecular formula is C17H15ClFN3O3. The molecule has 0 aliphatic heterocycles. The summed E-state index contributed by atoms with van der Waals surface area (Å²) in [6, 6.07) is 10.2. The molecule has 2 aromatic rings. The number of hydrogen-bond acceptors (Lipinski definition) is 3. The zero-order valence-electron chi connectivity index (χ0n) is 13.2. The normalized spacial score (nSPS) is 10.0. The van der Waals surface area contributed by atoms with Crippen LogP contribution >= 0.6 is 11.6 Å². The zero-order valence-corrected chi connectivity index (χ0v) is 14.0. The maximum atomic E-state index is 13.3. The van der Waals surface area contributed by atoms with Gasteiger partial charge in [-0.1, -0.05) is 23.7 Å². The number of amides is 3. The average molecular weight is 364 g/mol. The Labute approximate surface area is 148 Å². The average Bonchev–Trinajstić information content (AvgIpc) is 2.62. The molecule has 0 unspecified atom stereocenters. The first kappa shape index (κ1) is 18.4. The largest absolute Gasteiger partial charge is 0.355 e. The molecule has 8 heteroatoms. The number of anilines is 1. The van der Waals surface area contributed by atoms with Crippen molar-refractivity contribution in [2.24, 2.45) is 0 Å². The van der Waals surface area contributed by atoms with Crippen LogP contribution in [0.15, 0.2) is 42.5 Å². The molecule has 0 aromatic heterocycles. The molecule has 0 spiro atoms. The van der Waals surface area contributed by atoms with Gasteiger partial charge in [-0.05, 0) is 35.9 Å². The molecule has 0 fully saturated rings. The smallest absolute Gasteiger partial charge is 0.313 e. The predicted octanol–water partition coefficient (Wildman–Crippen LogP) is 2.09. The van der Waals surface area contributed by atoms with Gasteiger partial charge in [0.15, 0.2) is 0 Å². The Bertz CT molecular complexity index is 809. The molecule has 0 aliphatic carbocycles. The van der Waals surface area contributed by atoms with Crippen molar-refractivity contribution in [3.05, 3.63) is 64.4 Å². The van der Waals surface area contributed by atoms with Crippen LogP contribution < -0.4 is 16.0 Å². The summed E-state index contributed by atoms with van der Waals surface area (Å²) < 4.78 is 13.3. The van der Waals surface area contributed by atoms with E-state index in [4.69, 9.17) is 11.6 Å². The Morgan fingerprint density at radius 2 is 1.72 bits per heavy atom. The van der Waals surface area contributed by atoms with Crippen LogP contribution in [0.3, 0.4) is 0 Å². The molecule has 2 rings (SSSR count). The van der Waals surface area contributed by atoms with Crippen LogP contribution in [-0.4, -0.2) is 24.8 Å². The van der Waals surface area contributed by atoms with Gasteiger partial charge in [-0.15, -0.1) is 0 Å². The highest BCUT2D eigenvalue weighted by Crippen LogP contribution is 2.18. The monoisotopic (exact) mass is 363 g/mol. The topological polar surface area (TPSA) is 87.3 Å². The van der Waals surface area contributed by atoms with E-state index in [1.54, 1.807) is 24.3 Å². The lowest BCUT2D eigenvalue weighted by molar-refractivity contribution is -0.136. The van der Waals surface area contributed by atoms with E-state index < -0.39 is 17.6 Å². The molecular weight excluding hydrogens is 349 g/mol. The Balaban J connectivity index is 1.89. The van der Waals surface area contributed by atoms with Crippen LogP contribution in [0, 0.1) is 5.82 Å². The SMILES string of the molecule is CNC(=O)c1ccc(CNC(=O)C(=O)Nc2ccc(Cl)c(F)c2)cc1. The van der Waals surface area contributed by atoms with E-state index in [1.807, 2.05) is 0 Å². The van der Waals surface area contributed by atoms with E-state index in [1.165, 1.54) is 19.2 Å². The minimum atomic E-state index is -0.927. The molecule has 0 bridgehead atoms. The van der Waals surface area contributed by atoms with Gasteiger partial charge >= 0.3 is 11.8 Å². The minimum Gasteiger partial charge on any atom is -0.355 e. The van der Waals surface area contributed by atoms with E-state index >= 15 is 0 Å². The summed E-state index contributed by atoms with van der Waals surface area (Å²) in [6.07, 6.45) is 0. The van der Waals surface area contributed by atoms with Crippen molar-refractivity contribution in [3.8, 4) is 0 Å². The first-order valence-electron chi connectivity index (χ1n) is 7.26. The summed E-state index contributed by atoms with van der Waals surface area (Å²) in [5.41, 5.74) is 1.32. The van der Waals surface area contributed by atoms with Crippen molar-refractivity contribution in [1.29, 1.82) is 0 Å². The Morgan fingerprint density at radius 3 is 2.32 bits per heavy atom. The predicted molar refractivity (Wildman–Crippen MR) is 91.7 cm³/mol. The maximum absolute atomic E-state index is 13.3. The molecule has 2 aromatic carbocycles. The second-order valence-electron chi connectivity index (χ2n) is 5.04. The number of carbonyl (C=O) groups excluding carboxylic acids is 3. The number of hydrogen-bond donors (Lipinski definition) is 3. The van der Waals surface area contributed by atoms with Crippen molar-refractivity contribution < 1.29 is 18.8 Å². The highest BCUT2D eigenvalue weighted by atomic mass is 35.5. The molecule has 0 saturated heterocycles. The lowest BCUT2D eigenvalue weighted by Crippen LogP contribution is -2.35. The van der Waals surface area contributed by atoms with Crippen molar-refractivity contribution in [2.45, 2.75) is 6.54 Å². The molecule has 0 saturated carbocycles. The van der Waals surface area contributed by atoms with Crippen LogP contribution in [0.5, 0.6) is 0 Å². The van der Waals surface area contributed by atoms with Gasteiger partial charge in [0.25, 0.3) is 5.91 Å². The molecule has 3 amide bonds. The summed E-state index contributed by atoms with van der Waals surface area (Å²) in [6.45, 7) is 0.106. The van der Waals surface area contributed by atoms with Crippen LogP contribution in [0.25, 0.3) is 0 Å². The molecule has 0 radical (unpaired) electrons. The van der Waals surface area contributed by atoms with Crippen LogP contribution in [0.2, 0.25) is 5.02 Å². The zero-order chi connectivity index (χ0) is 18.4. The van der Waals surface area contributed by atoms with E-state index in [0.717, 1.165) is 6.07 Å². The molecule has 0 aliphatic rings. The fourth-order valence-electron chi connectivity index (χ4n) is 1.94. The van der Waals surface area contributed by atoms with Gasteiger partial charge in [0.05, 0.1) is 5.02 Å². The highest BCUT2D eigenvalue weighted by Gasteiger charge is 2.14. The molecule has 130 valence electrons. The van der Waals surface area contributed by atoms with Gasteiger partial charge in [0, 0.05) is 24.8 Å². The third kappa shape index (κ3) is 5.02. The minimum absolute atomic E-state index is 0.0809. The van der Waals surface area contributed by atoms with E-state index in [9.17, 15) is 18.8 Å². The van der Waals surface area contributed by atoms with E-state index in [2.05, 4.69) is 16.0 Å². The quantitative estimate of drug-likeness (QED) is 0.727. The Hall–Kier alpha value is -2.93. The molecule has 25 heavy (non-hydrogen) atoms. The fourth-order valence-corrected chi connectivity index (χ4v) is 2.06. The Morgan fingerprint density at radius 1 is 1.04 bits per heavy atom. The van der Waals surface area contributed by atoms with Gasteiger partial charge in [-0.2, -0.15) is 0 Å². The standard InChI is InChI=1S/C17H15ClFN3O3/c1-20-15(23)11-4-2-10(3-5-11)9-21-16(24)17(25)22-12-6-7-13(18)14(19)8-12/h2-8H,9H2,1H3,(H,20,23)(H,21,24)(H,22,25). The van der Waals surface area contributed by atoms with Gasteiger partial charge < -0.3 is 16.0 Å². The Kier molecular flexibility index (Phi) is 6.08. The van der Waals surface area contributed by atoms with E-state index in [0.29, 0.717) is 11.1 Å². The van der Waals surface area contributed by atoms with Gasteiger partial charge in [-0.25, -0.2) is 4.39 Å². The second kappa shape index (κ2) is 8.25. The number of halogens is 2. The summed E-state index contributed by atoms with van der Waals surface area (Å²) in [7, 11) is 1.53. The molecule has 6 nitrogen and oxygen atoms in total. The highest BCUT2D eigenvalue weighted by molar-refractivity contribution is 6.39. The summed E-state index contributed by atoms with van der Waals surface area (Å²) >= 11 is 5.55. The first-order valence-corrected chi connectivity index (χ1v) is 7.63. The number of benzene rings is 2. The van der Waals surface area contributed by atoms with Crippen molar-refractivity contribution in [3.63, 3.8) is 0 Å². The molecule has 0 atom stereocenters. The number of carbonyl (C=O) groups is 3. The second-order valence-corrected chi connectivity index (χ2v) is 5.45. The third-order valence-corrected chi connectivity index (χ3v) is 3.59. The van der Waals surface area contributed by atoms with Crippen LogP contribution in [0.1, 0.15) is 15.9 Å². The van der Waals surface area contributed by atoms with E-state index in [-0.39, 0.29) is 23.2 Å². The lowest BCUT2D eigenvalue weighted by atomic mass is 10.1. The van der Waals surface area contributed by atoms with Crippen LogP contribution in [0.4, 0.5) is 10.1 Å². The van der Waals surface area contributed by atoms with Gasteiger partial charge in [0.1, 0.15) is 5.82 Å². The summed E-state index contributed by atoms with van der Waals surface area (Å²) in [4.78, 5) is 35.0. The summed E-state index contributed by atoms with van der Waals surface area (Å²) in [5.74, 6) is -2.71. The van der Waals surface area contributed by atoms with Crippen molar-refractivity contribution >= 4 is 35.0 Å². The molecule has 0 heterocycles. The van der Waals surface area contributed by atoms with Gasteiger partial charge in [-0.3, -0.25) is 14.4 Å². The molecule has 3 N–H and O–H groups in total. The first-order chi connectivity index (χ1) is 11.9. The fraction of sp³-hybridized carbons (Fsp3) is 0.118. The van der Waals surface area contributed by atoms with Gasteiger partial charge in [0.2, 0.25) is 0 Å². The number of rotatable bonds is 4. The third-order valence-electron chi connectivity index (χ3n) is 3.28. The van der Waals surface area contributed by atoms with Crippen molar-refractivity contribution in [1.82, 2.24) is 10.6 Å². The van der Waals surface area contributed by atoms with Crippen LogP contribution in [-0.2, 0) is 16.1 Å². The summed E-state index contributed by atoms with van der Waals surface area (Å²) in [5, 5.41) is 7.13. The number of nitrogens with one attached hydrogen (secondary N) is 3. The maximum Gasteiger partial charge on any atom is 0.313 e. The van der Waals surface area contributed by atoms with Crippen molar-refractivity contribution in [2.75, 3.05) is 12.4 Å². The lowest BCUT2D eigenvalue weighted by Gasteiger charge is -2.08.